The molecule has 1 heterocycles. The van der Waals surface area contributed by atoms with Crippen molar-refractivity contribution in [3.05, 3.63) is 125 Å². The Morgan fingerprint density at radius 3 is 1.87 bits per heavy atom. The molecule has 1 aliphatic rings. The number of likely N-dealkylation sites (tertiary alicyclic amines) is 1. The second-order valence-electron chi connectivity index (χ2n) is 10.5. The molecule has 2 aromatic carbocycles. The van der Waals surface area contributed by atoms with Crippen LogP contribution in [0.3, 0.4) is 0 Å². The van der Waals surface area contributed by atoms with E-state index >= 15 is 0 Å². The van der Waals surface area contributed by atoms with Crippen molar-refractivity contribution in [3.63, 3.8) is 0 Å². The predicted octanol–water partition coefficient (Wildman–Crippen LogP) is 7.92. The van der Waals surface area contributed by atoms with E-state index in [0.29, 0.717) is 47.8 Å². The molecule has 0 unspecified atom stereocenters. The molecule has 1 saturated heterocycles. The monoisotopic (exact) mass is 648 g/mol. The number of nitrogens with zero attached hydrogens (tertiary/aromatic N) is 1. The number of hydrogen-bond donors (Lipinski definition) is 1. The van der Waals surface area contributed by atoms with Gasteiger partial charge in [-0.15, -0.1) is 0 Å². The smallest absolute Gasteiger partial charge is 0.260 e. The Bertz CT molecular complexity index is 1350. The Hall–Kier alpha value is -3.81. The van der Waals surface area contributed by atoms with E-state index in [1.165, 1.54) is 0 Å². The van der Waals surface area contributed by atoms with Gasteiger partial charge in [-0.05, 0) is 87.1 Å². The zero-order valence-electron chi connectivity index (χ0n) is 26.0. The molecule has 0 aromatic heterocycles. The minimum Gasteiger partial charge on any atom is -0.484 e. The number of hydrogen-bond acceptors (Lipinski definition) is 4. The van der Waals surface area contributed by atoms with Crippen molar-refractivity contribution >= 4 is 42.7 Å². The minimum absolute atomic E-state index is 0. The standard InChI is InChI=1S/C37H43ClN2O4.H2S/c1-2-3-4-5-6-7-8-9-10-11-12-13-14-15-16-17-35(41)39-33-26-27-40(28-33)36(42)29-44-34-24-20-31(21-25-34)37(43)30-18-22-32(38)23-19-30;/h3-4,6-7,9-10,12-13,15-16,18-25,33H,2,5,8,11,14,17,26-29H2,1H3,(H,39,41);1H2/b4-3-,7-6-,10-9-,13-12-,16-15-;/t33-;/m0./s1. The summed E-state index contributed by atoms with van der Waals surface area (Å²) in [4.78, 5) is 39.3. The van der Waals surface area contributed by atoms with Crippen molar-refractivity contribution < 1.29 is 19.1 Å². The third-order valence-corrected chi connectivity index (χ3v) is 7.20. The van der Waals surface area contributed by atoms with Crippen LogP contribution in [0.15, 0.2) is 109 Å². The number of carbonyl (C=O) groups excluding carboxylic acids is 3. The molecular weight excluding hydrogens is 604 g/mol. The number of benzene rings is 2. The van der Waals surface area contributed by atoms with Crippen molar-refractivity contribution in [2.24, 2.45) is 0 Å². The van der Waals surface area contributed by atoms with E-state index in [1.807, 2.05) is 12.2 Å². The Kier molecular flexibility index (Phi) is 18.1. The highest BCUT2D eigenvalue weighted by Crippen LogP contribution is 2.18. The third-order valence-electron chi connectivity index (χ3n) is 6.95. The molecule has 0 radical (unpaired) electrons. The van der Waals surface area contributed by atoms with E-state index in [2.05, 4.69) is 60.8 Å². The van der Waals surface area contributed by atoms with Gasteiger partial charge in [0.1, 0.15) is 5.75 Å². The van der Waals surface area contributed by atoms with E-state index in [4.69, 9.17) is 16.3 Å². The summed E-state index contributed by atoms with van der Waals surface area (Å²) in [5, 5.41) is 3.59. The number of carbonyl (C=O) groups is 3. The van der Waals surface area contributed by atoms with Crippen LogP contribution < -0.4 is 10.1 Å². The number of rotatable bonds is 17. The Morgan fingerprint density at radius 1 is 0.800 bits per heavy atom. The van der Waals surface area contributed by atoms with Crippen LogP contribution in [0, 0.1) is 0 Å². The van der Waals surface area contributed by atoms with Crippen molar-refractivity contribution in [2.45, 2.75) is 57.9 Å². The second-order valence-corrected chi connectivity index (χ2v) is 10.9. The summed E-state index contributed by atoms with van der Waals surface area (Å²) >= 11 is 5.90. The molecule has 0 saturated carbocycles. The zero-order valence-corrected chi connectivity index (χ0v) is 27.8. The van der Waals surface area contributed by atoms with Crippen LogP contribution in [0.5, 0.6) is 5.75 Å². The lowest BCUT2D eigenvalue weighted by molar-refractivity contribution is -0.132. The lowest BCUT2D eigenvalue weighted by Gasteiger charge is -2.17. The predicted molar refractivity (Wildman–Crippen MR) is 189 cm³/mol. The summed E-state index contributed by atoms with van der Waals surface area (Å²) < 4.78 is 5.66. The highest BCUT2D eigenvalue weighted by atomic mass is 35.5. The van der Waals surface area contributed by atoms with E-state index in [-0.39, 0.29) is 43.7 Å². The highest BCUT2D eigenvalue weighted by molar-refractivity contribution is 7.59. The van der Waals surface area contributed by atoms with Crippen LogP contribution in [0.4, 0.5) is 0 Å². The molecule has 1 aliphatic heterocycles. The summed E-state index contributed by atoms with van der Waals surface area (Å²) in [6.07, 6.45) is 26.9. The first kappa shape index (κ1) is 37.4. The molecule has 0 bridgehead atoms. The maximum atomic E-state index is 12.7. The quantitative estimate of drug-likeness (QED) is 0.140. The lowest BCUT2D eigenvalue weighted by atomic mass is 10.0. The average molecular weight is 649 g/mol. The molecule has 1 N–H and O–H groups in total. The first-order chi connectivity index (χ1) is 21.5. The van der Waals surface area contributed by atoms with Crippen LogP contribution in [0.1, 0.15) is 67.8 Å². The molecule has 240 valence electrons. The first-order valence-corrected chi connectivity index (χ1v) is 15.7. The number of ether oxygens (including phenoxy) is 1. The van der Waals surface area contributed by atoms with Gasteiger partial charge in [0.25, 0.3) is 5.91 Å². The molecule has 0 aliphatic carbocycles. The fourth-order valence-corrected chi connectivity index (χ4v) is 4.67. The molecule has 1 fully saturated rings. The van der Waals surface area contributed by atoms with Gasteiger partial charge in [0.2, 0.25) is 5.91 Å². The Morgan fingerprint density at radius 2 is 1.31 bits per heavy atom. The maximum absolute atomic E-state index is 12.7. The highest BCUT2D eigenvalue weighted by Gasteiger charge is 2.27. The molecule has 6 nitrogen and oxygen atoms in total. The second kappa shape index (κ2) is 21.8. The number of allylic oxidation sites excluding steroid dienone is 9. The van der Waals surface area contributed by atoms with Gasteiger partial charge in [-0.2, -0.15) is 13.5 Å². The summed E-state index contributed by atoms with van der Waals surface area (Å²) in [5.41, 5.74) is 1.07. The molecule has 2 amide bonds. The summed E-state index contributed by atoms with van der Waals surface area (Å²) in [6.45, 7) is 3.07. The van der Waals surface area contributed by atoms with Gasteiger partial charge in [-0.25, -0.2) is 0 Å². The molecule has 45 heavy (non-hydrogen) atoms. The summed E-state index contributed by atoms with van der Waals surface area (Å²) in [7, 11) is 0. The molecule has 8 heteroatoms. The molecule has 3 rings (SSSR count). The van der Waals surface area contributed by atoms with Crippen molar-refractivity contribution in [1.29, 1.82) is 0 Å². The number of amides is 2. The fraction of sp³-hybridized carbons (Fsp3) is 0.324. The summed E-state index contributed by atoms with van der Waals surface area (Å²) in [6, 6.07) is 13.4. The van der Waals surface area contributed by atoms with Gasteiger partial charge in [-0.1, -0.05) is 79.3 Å². The number of nitrogens with one attached hydrogen (secondary N) is 1. The normalized spacial score (nSPS) is 15.1. The van der Waals surface area contributed by atoms with Crippen LogP contribution in [0.25, 0.3) is 0 Å². The summed E-state index contributed by atoms with van der Waals surface area (Å²) in [5.74, 6) is 0.207. The molecular formula is C37H45ClN2O4S. The topological polar surface area (TPSA) is 75.7 Å². The molecule has 1 atom stereocenters. The zero-order chi connectivity index (χ0) is 31.4. The number of halogens is 1. The Balaban J connectivity index is 0.00000705. The van der Waals surface area contributed by atoms with Crippen molar-refractivity contribution in [1.82, 2.24) is 10.2 Å². The molecule has 2 aromatic rings. The van der Waals surface area contributed by atoms with Gasteiger partial charge in [0, 0.05) is 41.7 Å². The number of ketones is 1. The van der Waals surface area contributed by atoms with Gasteiger partial charge in [0.05, 0.1) is 0 Å². The van der Waals surface area contributed by atoms with E-state index in [0.717, 1.165) is 32.1 Å². The van der Waals surface area contributed by atoms with Gasteiger partial charge >= 0.3 is 0 Å². The largest absolute Gasteiger partial charge is 0.484 e. The minimum atomic E-state index is -0.138. The van der Waals surface area contributed by atoms with Crippen LogP contribution in [-0.2, 0) is 9.59 Å². The maximum Gasteiger partial charge on any atom is 0.260 e. The first-order valence-electron chi connectivity index (χ1n) is 15.3. The lowest BCUT2D eigenvalue weighted by Crippen LogP contribution is -2.39. The van der Waals surface area contributed by atoms with E-state index in [9.17, 15) is 14.4 Å². The van der Waals surface area contributed by atoms with Gasteiger partial charge in [-0.3, -0.25) is 14.4 Å². The van der Waals surface area contributed by atoms with Gasteiger partial charge < -0.3 is 15.0 Å². The van der Waals surface area contributed by atoms with Crippen molar-refractivity contribution in [2.75, 3.05) is 19.7 Å². The van der Waals surface area contributed by atoms with Crippen LogP contribution in [-0.4, -0.2) is 48.2 Å². The van der Waals surface area contributed by atoms with Crippen LogP contribution in [0.2, 0.25) is 5.02 Å². The van der Waals surface area contributed by atoms with Crippen LogP contribution >= 0.6 is 25.1 Å². The van der Waals surface area contributed by atoms with Gasteiger partial charge in [0.15, 0.2) is 12.4 Å². The average Bonchev–Trinajstić information content (AvgIpc) is 3.50. The third kappa shape index (κ3) is 14.7. The SMILES string of the molecule is CC/C=C\C/C=C\C/C=C\C/C=C\C/C=C\CC(=O)N[C@H]1CCN(C(=O)COc2ccc(C(=O)c3ccc(Cl)cc3)cc2)C1.S. The van der Waals surface area contributed by atoms with E-state index in [1.54, 1.807) is 53.4 Å². The molecule has 0 spiro atoms. The van der Waals surface area contributed by atoms with E-state index < -0.39 is 0 Å². The Labute approximate surface area is 280 Å². The fourth-order valence-electron chi connectivity index (χ4n) is 4.54. The van der Waals surface area contributed by atoms with Crippen molar-refractivity contribution in [3.8, 4) is 5.75 Å².